The summed E-state index contributed by atoms with van der Waals surface area (Å²) in [6.07, 6.45) is 3.75. The van der Waals surface area contributed by atoms with Gasteiger partial charge in [-0.15, -0.1) is 0 Å². The van der Waals surface area contributed by atoms with Crippen LogP contribution in [0.3, 0.4) is 0 Å². The van der Waals surface area contributed by atoms with Gasteiger partial charge >= 0.3 is 0 Å². The van der Waals surface area contributed by atoms with Gasteiger partial charge in [0.1, 0.15) is 0 Å². The van der Waals surface area contributed by atoms with Crippen LogP contribution in [0.25, 0.3) is 0 Å². The second-order valence-corrected chi connectivity index (χ2v) is 6.71. The van der Waals surface area contributed by atoms with Crippen molar-refractivity contribution in [1.82, 2.24) is 15.5 Å². The van der Waals surface area contributed by atoms with Crippen LogP contribution in [0.1, 0.15) is 50.7 Å². The minimum Gasteiger partial charge on any atom is -0.382 e. The summed E-state index contributed by atoms with van der Waals surface area (Å²) in [7, 11) is 0. The fourth-order valence-corrected chi connectivity index (χ4v) is 3.13. The first-order valence-electron chi connectivity index (χ1n) is 10.2. The number of carbonyl (C=O) groups is 1. The normalized spacial score (nSPS) is 14.7. The fraction of sp³-hybridized carbons (Fsp3) is 0.619. The molecule has 2 rings (SSSR count). The van der Waals surface area contributed by atoms with E-state index in [-0.39, 0.29) is 5.91 Å². The highest BCUT2D eigenvalue weighted by atomic mass is 16.5. The Balaban J connectivity index is 1.89. The van der Waals surface area contributed by atoms with Crippen molar-refractivity contribution in [3.05, 3.63) is 35.4 Å². The third-order valence-corrected chi connectivity index (χ3v) is 4.61. The molecule has 1 amide bonds. The maximum Gasteiger partial charge on any atom is 0.222 e. The lowest BCUT2D eigenvalue weighted by Crippen LogP contribution is -2.37. The van der Waals surface area contributed by atoms with Crippen molar-refractivity contribution >= 4 is 11.9 Å². The molecule has 1 aromatic carbocycles. The van der Waals surface area contributed by atoms with Crippen molar-refractivity contribution in [2.24, 2.45) is 4.99 Å². The van der Waals surface area contributed by atoms with E-state index in [1.165, 1.54) is 11.1 Å². The number of nitrogens with zero attached hydrogens (tertiary/aromatic N) is 2. The predicted octanol–water partition coefficient (Wildman–Crippen LogP) is 2.68. The first-order chi connectivity index (χ1) is 13.2. The largest absolute Gasteiger partial charge is 0.382 e. The van der Waals surface area contributed by atoms with Crippen LogP contribution in [0, 0.1) is 0 Å². The summed E-state index contributed by atoms with van der Waals surface area (Å²) in [6.45, 7) is 9.54. The van der Waals surface area contributed by atoms with Crippen LogP contribution in [0.15, 0.2) is 29.3 Å². The van der Waals surface area contributed by atoms with Gasteiger partial charge in [0.2, 0.25) is 5.91 Å². The molecule has 1 fully saturated rings. The monoisotopic (exact) mass is 374 g/mol. The summed E-state index contributed by atoms with van der Waals surface area (Å²) in [5, 5.41) is 6.68. The molecule has 0 radical (unpaired) electrons. The molecule has 0 spiro atoms. The zero-order valence-electron chi connectivity index (χ0n) is 16.8. The molecule has 1 aliphatic rings. The average molecular weight is 375 g/mol. The summed E-state index contributed by atoms with van der Waals surface area (Å²) in [6, 6.07) is 8.27. The third-order valence-electron chi connectivity index (χ3n) is 4.61. The Labute approximate surface area is 163 Å². The van der Waals surface area contributed by atoms with Crippen LogP contribution in [-0.4, -0.2) is 49.6 Å². The lowest BCUT2D eigenvalue weighted by atomic mass is 10.1. The molecule has 150 valence electrons. The number of aliphatic imine (C=N–C) groups is 1. The molecular formula is C21H34N4O2. The van der Waals surface area contributed by atoms with Gasteiger partial charge in [-0.2, -0.15) is 0 Å². The van der Waals surface area contributed by atoms with Crippen molar-refractivity contribution in [3.63, 3.8) is 0 Å². The number of hydrogen-bond acceptors (Lipinski definition) is 3. The molecule has 6 heteroatoms. The van der Waals surface area contributed by atoms with E-state index in [2.05, 4.69) is 29.7 Å². The van der Waals surface area contributed by atoms with Crippen molar-refractivity contribution in [3.8, 4) is 0 Å². The number of likely N-dealkylation sites (tertiary alicyclic amines) is 1. The Morgan fingerprint density at radius 2 is 2.00 bits per heavy atom. The maximum atomic E-state index is 11.9. The number of benzene rings is 1. The summed E-state index contributed by atoms with van der Waals surface area (Å²) >= 11 is 0. The molecule has 1 saturated heterocycles. The molecule has 27 heavy (non-hydrogen) atoms. The molecule has 0 aromatic heterocycles. The summed E-state index contributed by atoms with van der Waals surface area (Å²) in [5.74, 6) is 1.09. The van der Waals surface area contributed by atoms with Crippen LogP contribution in [0.5, 0.6) is 0 Å². The molecule has 6 nitrogen and oxygen atoms in total. The number of ether oxygens (including phenoxy) is 1. The fourth-order valence-electron chi connectivity index (χ4n) is 3.13. The van der Waals surface area contributed by atoms with Crippen LogP contribution >= 0.6 is 0 Å². The lowest BCUT2D eigenvalue weighted by molar-refractivity contribution is -0.128. The minimum atomic E-state index is 0.260. The Morgan fingerprint density at radius 3 is 2.70 bits per heavy atom. The Hall–Kier alpha value is -2.08. The quantitative estimate of drug-likeness (QED) is 0.355. The molecule has 1 heterocycles. The first-order valence-corrected chi connectivity index (χ1v) is 10.2. The van der Waals surface area contributed by atoms with E-state index in [0.717, 1.165) is 58.1 Å². The highest BCUT2D eigenvalue weighted by Crippen LogP contribution is 2.17. The Morgan fingerprint density at radius 1 is 1.19 bits per heavy atom. The number of carbonyl (C=O) groups excluding carboxylic acids is 1. The number of rotatable bonds is 11. The summed E-state index contributed by atoms with van der Waals surface area (Å²) in [5.41, 5.74) is 2.36. The van der Waals surface area contributed by atoms with Gasteiger partial charge < -0.3 is 20.3 Å². The molecule has 0 saturated carbocycles. The Kier molecular flexibility index (Phi) is 9.69. The molecule has 1 aromatic rings. The van der Waals surface area contributed by atoms with Gasteiger partial charge in [0.25, 0.3) is 0 Å². The lowest BCUT2D eigenvalue weighted by Gasteiger charge is -2.18. The highest BCUT2D eigenvalue weighted by Gasteiger charge is 2.20. The van der Waals surface area contributed by atoms with Crippen molar-refractivity contribution in [2.75, 3.05) is 32.8 Å². The highest BCUT2D eigenvalue weighted by molar-refractivity contribution is 5.79. The smallest absolute Gasteiger partial charge is 0.222 e. The number of unbranched alkanes of at least 4 members (excludes halogenated alkanes) is 1. The van der Waals surface area contributed by atoms with E-state index < -0.39 is 0 Å². The van der Waals surface area contributed by atoms with Crippen LogP contribution < -0.4 is 10.6 Å². The van der Waals surface area contributed by atoms with Gasteiger partial charge in [-0.1, -0.05) is 24.3 Å². The van der Waals surface area contributed by atoms with Gasteiger partial charge in [0.05, 0.1) is 6.54 Å². The zero-order chi connectivity index (χ0) is 19.3. The molecule has 0 unspecified atom stereocenters. The number of nitrogens with one attached hydrogen (secondary N) is 2. The Bertz CT molecular complexity index is 604. The maximum absolute atomic E-state index is 11.9. The number of guanidine groups is 1. The molecule has 2 N–H and O–H groups in total. The molecule has 0 bridgehead atoms. The summed E-state index contributed by atoms with van der Waals surface area (Å²) < 4.78 is 5.37. The van der Waals surface area contributed by atoms with Crippen molar-refractivity contribution in [1.29, 1.82) is 0 Å². The predicted molar refractivity (Wildman–Crippen MR) is 110 cm³/mol. The van der Waals surface area contributed by atoms with E-state index in [4.69, 9.17) is 9.73 Å². The molecule has 1 aliphatic heterocycles. The van der Waals surface area contributed by atoms with E-state index in [9.17, 15) is 4.79 Å². The van der Waals surface area contributed by atoms with E-state index in [1.54, 1.807) is 0 Å². The minimum absolute atomic E-state index is 0.260. The van der Waals surface area contributed by atoms with Gasteiger partial charge in [-0.25, -0.2) is 4.99 Å². The SMILES string of the molecule is CCNC(=NCc1ccccc1CN1CCCC1=O)NCCCCOCC. The number of amides is 1. The van der Waals surface area contributed by atoms with E-state index in [1.807, 2.05) is 24.0 Å². The van der Waals surface area contributed by atoms with Gasteiger partial charge in [0, 0.05) is 45.8 Å². The third kappa shape index (κ3) is 7.59. The van der Waals surface area contributed by atoms with Gasteiger partial charge in [-0.05, 0) is 44.2 Å². The van der Waals surface area contributed by atoms with Crippen LogP contribution in [0.2, 0.25) is 0 Å². The number of hydrogen-bond donors (Lipinski definition) is 2. The standard InChI is InChI=1S/C21H34N4O2/c1-3-22-21(23-13-7-8-15-27-4-2)24-16-18-10-5-6-11-19(18)17-25-14-9-12-20(25)26/h5-6,10-11H,3-4,7-9,12-17H2,1-2H3,(H2,22,23,24). The van der Waals surface area contributed by atoms with Gasteiger partial charge in [0.15, 0.2) is 5.96 Å². The van der Waals surface area contributed by atoms with Crippen LogP contribution in [0.4, 0.5) is 0 Å². The van der Waals surface area contributed by atoms with E-state index in [0.29, 0.717) is 19.5 Å². The second-order valence-electron chi connectivity index (χ2n) is 6.71. The van der Waals surface area contributed by atoms with Crippen molar-refractivity contribution in [2.45, 2.75) is 52.6 Å². The second kappa shape index (κ2) is 12.3. The summed E-state index contributed by atoms with van der Waals surface area (Å²) in [4.78, 5) is 18.6. The molecular weight excluding hydrogens is 340 g/mol. The van der Waals surface area contributed by atoms with Crippen molar-refractivity contribution < 1.29 is 9.53 Å². The molecule has 0 atom stereocenters. The first kappa shape index (κ1) is 21.2. The van der Waals surface area contributed by atoms with E-state index >= 15 is 0 Å². The topological polar surface area (TPSA) is 66.0 Å². The van der Waals surface area contributed by atoms with Gasteiger partial charge in [-0.3, -0.25) is 4.79 Å². The molecule has 0 aliphatic carbocycles. The zero-order valence-corrected chi connectivity index (χ0v) is 16.8. The van der Waals surface area contributed by atoms with Crippen LogP contribution in [-0.2, 0) is 22.6 Å². The average Bonchev–Trinajstić information content (AvgIpc) is 3.08.